The Morgan fingerprint density at radius 1 is 1.00 bits per heavy atom. The molecule has 3 unspecified atom stereocenters. The number of amides is 2. The molecule has 1 aliphatic rings. The van der Waals surface area contributed by atoms with Crippen molar-refractivity contribution in [3.63, 3.8) is 0 Å². The molecule has 1 saturated heterocycles. The van der Waals surface area contributed by atoms with Crippen molar-refractivity contribution in [3.05, 3.63) is 101 Å². The van der Waals surface area contributed by atoms with E-state index in [1.54, 1.807) is 6.07 Å². The van der Waals surface area contributed by atoms with E-state index in [2.05, 4.69) is 16.7 Å². The van der Waals surface area contributed by atoms with Crippen LogP contribution in [-0.2, 0) is 11.2 Å². The molecule has 3 aromatic rings. The third kappa shape index (κ3) is 5.43. The summed E-state index contributed by atoms with van der Waals surface area (Å²) in [5.74, 6) is -0.433. The summed E-state index contributed by atoms with van der Waals surface area (Å²) in [6.07, 6.45) is 0.469. The molecule has 33 heavy (non-hydrogen) atoms. The molecule has 0 radical (unpaired) electrons. The van der Waals surface area contributed by atoms with E-state index in [-0.39, 0.29) is 29.0 Å². The monoisotopic (exact) mass is 464 g/mol. The van der Waals surface area contributed by atoms with Gasteiger partial charge in [-0.2, -0.15) is 0 Å². The van der Waals surface area contributed by atoms with E-state index in [1.165, 1.54) is 13.2 Å². The highest BCUT2D eigenvalue weighted by atomic mass is 32.2. The minimum Gasteiger partial charge on any atom is -0.494 e. The van der Waals surface area contributed by atoms with Gasteiger partial charge >= 0.3 is 0 Å². The van der Waals surface area contributed by atoms with Gasteiger partial charge in [0.2, 0.25) is 5.91 Å². The summed E-state index contributed by atoms with van der Waals surface area (Å²) in [5, 5.41) is 5.24. The molecule has 0 aliphatic carbocycles. The number of rotatable bonds is 8. The van der Waals surface area contributed by atoms with Gasteiger partial charge in [0.15, 0.2) is 11.6 Å². The number of hydrogen-bond acceptors (Lipinski definition) is 5. The molecule has 7 heteroatoms. The lowest BCUT2D eigenvalue weighted by Crippen LogP contribution is -2.26. The van der Waals surface area contributed by atoms with Gasteiger partial charge in [0.25, 0.3) is 5.24 Å². The van der Waals surface area contributed by atoms with Crippen molar-refractivity contribution in [2.24, 2.45) is 0 Å². The van der Waals surface area contributed by atoms with E-state index in [4.69, 9.17) is 4.74 Å². The Labute approximate surface area is 196 Å². The number of carbonyl (C=O) groups excluding carboxylic acids is 2. The first-order valence-electron chi connectivity index (χ1n) is 10.7. The van der Waals surface area contributed by atoms with Crippen LogP contribution >= 0.6 is 11.8 Å². The van der Waals surface area contributed by atoms with E-state index in [1.807, 2.05) is 61.5 Å². The number of hydrogen-bond donors (Lipinski definition) is 2. The van der Waals surface area contributed by atoms with Gasteiger partial charge in [0.1, 0.15) is 0 Å². The van der Waals surface area contributed by atoms with Crippen LogP contribution in [0.2, 0.25) is 0 Å². The molecule has 0 spiro atoms. The largest absolute Gasteiger partial charge is 0.494 e. The van der Waals surface area contributed by atoms with Gasteiger partial charge in [0, 0.05) is 6.04 Å². The van der Waals surface area contributed by atoms with Crippen molar-refractivity contribution >= 4 is 22.9 Å². The van der Waals surface area contributed by atoms with Crippen LogP contribution in [0.3, 0.4) is 0 Å². The molecule has 170 valence electrons. The summed E-state index contributed by atoms with van der Waals surface area (Å²) in [7, 11) is 1.45. The molecule has 1 aliphatic heterocycles. The maximum Gasteiger partial charge on any atom is 0.286 e. The second kappa shape index (κ2) is 10.2. The second-order valence-corrected chi connectivity index (χ2v) is 9.13. The minimum absolute atomic E-state index is 0.145. The number of imide groups is 1. The van der Waals surface area contributed by atoms with E-state index in [0.717, 1.165) is 34.0 Å². The van der Waals surface area contributed by atoms with E-state index in [0.29, 0.717) is 6.42 Å². The summed E-state index contributed by atoms with van der Waals surface area (Å²) in [6, 6.07) is 22.7. The number of thioether (sulfide) groups is 1. The summed E-state index contributed by atoms with van der Waals surface area (Å²) < 4.78 is 19.3. The highest BCUT2D eigenvalue weighted by Gasteiger charge is 2.31. The smallest absolute Gasteiger partial charge is 0.286 e. The lowest BCUT2D eigenvalue weighted by Gasteiger charge is -2.25. The van der Waals surface area contributed by atoms with Gasteiger partial charge in [-0.05, 0) is 47.7 Å². The fourth-order valence-electron chi connectivity index (χ4n) is 3.97. The van der Waals surface area contributed by atoms with Gasteiger partial charge in [0.05, 0.1) is 18.4 Å². The van der Waals surface area contributed by atoms with Crippen LogP contribution in [0, 0.1) is 5.82 Å². The van der Waals surface area contributed by atoms with Gasteiger partial charge in [-0.15, -0.1) is 0 Å². The van der Waals surface area contributed by atoms with Crippen LogP contribution < -0.4 is 15.4 Å². The molecule has 3 atom stereocenters. The van der Waals surface area contributed by atoms with E-state index >= 15 is 0 Å². The number of nitrogens with one attached hydrogen (secondary N) is 2. The van der Waals surface area contributed by atoms with E-state index in [9.17, 15) is 14.0 Å². The maximum atomic E-state index is 14.3. The SMILES string of the molecule is COc1ccc(C(C)NC(c2ccccc2)c2cccc(CC3SC(=O)NC3=O)c2)cc1F. The van der Waals surface area contributed by atoms with Crippen molar-refractivity contribution in [1.29, 1.82) is 0 Å². The quantitative estimate of drug-likeness (QED) is 0.482. The van der Waals surface area contributed by atoms with Crippen LogP contribution in [0.5, 0.6) is 5.75 Å². The lowest BCUT2D eigenvalue weighted by atomic mass is 9.94. The molecule has 4 rings (SSSR count). The Hall–Kier alpha value is -3.16. The maximum absolute atomic E-state index is 14.3. The number of halogens is 1. The fourth-order valence-corrected chi connectivity index (χ4v) is 4.83. The molecule has 3 aromatic carbocycles. The van der Waals surface area contributed by atoms with E-state index < -0.39 is 11.1 Å². The van der Waals surface area contributed by atoms with Crippen LogP contribution in [0.1, 0.15) is 41.3 Å². The summed E-state index contributed by atoms with van der Waals surface area (Å²) >= 11 is 1.03. The van der Waals surface area contributed by atoms with Gasteiger partial charge in [-0.3, -0.25) is 20.2 Å². The first-order chi connectivity index (χ1) is 15.9. The standard InChI is InChI=1S/C26H25FN2O3S/c1-16(19-11-12-22(32-2)21(27)15-19)28-24(18-8-4-3-5-9-18)20-10-6-7-17(13-20)14-23-25(30)29-26(31)33-23/h3-13,15-16,23-24,28H,14H2,1-2H3,(H,29,30,31). The molecule has 1 heterocycles. The summed E-state index contributed by atoms with van der Waals surface area (Å²) in [6.45, 7) is 1.99. The Balaban J connectivity index is 1.61. The minimum atomic E-state index is -0.419. The highest BCUT2D eigenvalue weighted by molar-refractivity contribution is 8.15. The molecule has 2 N–H and O–H groups in total. The number of benzene rings is 3. The molecule has 2 amide bonds. The zero-order valence-corrected chi connectivity index (χ0v) is 19.2. The van der Waals surface area contributed by atoms with Crippen molar-refractivity contribution in [2.45, 2.75) is 30.7 Å². The summed E-state index contributed by atoms with van der Waals surface area (Å²) in [4.78, 5) is 23.5. The Morgan fingerprint density at radius 3 is 2.42 bits per heavy atom. The molecule has 5 nitrogen and oxygen atoms in total. The predicted molar refractivity (Wildman–Crippen MR) is 128 cm³/mol. The zero-order valence-electron chi connectivity index (χ0n) is 18.4. The molecular formula is C26H25FN2O3S. The normalized spacial score (nSPS) is 17.5. The predicted octanol–water partition coefficient (Wildman–Crippen LogP) is 5.17. The van der Waals surface area contributed by atoms with Crippen molar-refractivity contribution in [3.8, 4) is 5.75 Å². The van der Waals surface area contributed by atoms with Crippen LogP contribution in [-0.4, -0.2) is 23.5 Å². The number of methoxy groups -OCH3 is 1. The number of carbonyl (C=O) groups is 2. The second-order valence-electron chi connectivity index (χ2n) is 7.96. The highest BCUT2D eigenvalue weighted by Crippen LogP contribution is 2.30. The first-order valence-corrected chi connectivity index (χ1v) is 11.6. The molecule has 0 aromatic heterocycles. The topological polar surface area (TPSA) is 67.4 Å². The third-order valence-corrected chi connectivity index (χ3v) is 6.68. The molecule has 1 fully saturated rings. The van der Waals surface area contributed by atoms with Crippen LogP contribution in [0.4, 0.5) is 9.18 Å². The molecular weight excluding hydrogens is 439 g/mol. The Kier molecular flexibility index (Phi) is 7.11. The molecule has 0 saturated carbocycles. The molecule has 0 bridgehead atoms. The fraction of sp³-hybridized carbons (Fsp3) is 0.231. The van der Waals surface area contributed by atoms with Crippen molar-refractivity contribution in [2.75, 3.05) is 7.11 Å². The summed E-state index contributed by atoms with van der Waals surface area (Å²) in [5.41, 5.74) is 3.87. The van der Waals surface area contributed by atoms with Gasteiger partial charge in [-0.25, -0.2) is 4.39 Å². The average Bonchev–Trinajstić information content (AvgIpc) is 3.14. The Morgan fingerprint density at radius 2 is 1.76 bits per heavy atom. The van der Waals surface area contributed by atoms with Crippen molar-refractivity contribution in [1.82, 2.24) is 10.6 Å². The first kappa shape index (κ1) is 23.0. The average molecular weight is 465 g/mol. The van der Waals surface area contributed by atoms with Crippen LogP contribution in [0.15, 0.2) is 72.8 Å². The van der Waals surface area contributed by atoms with Crippen LogP contribution in [0.25, 0.3) is 0 Å². The lowest BCUT2D eigenvalue weighted by molar-refractivity contribution is -0.118. The van der Waals surface area contributed by atoms with Gasteiger partial charge < -0.3 is 4.74 Å². The third-order valence-electron chi connectivity index (χ3n) is 5.70. The van der Waals surface area contributed by atoms with Gasteiger partial charge in [-0.1, -0.05) is 72.4 Å². The zero-order chi connectivity index (χ0) is 23.4. The Bertz CT molecular complexity index is 1160. The number of ether oxygens (including phenoxy) is 1. The van der Waals surface area contributed by atoms with Crippen molar-refractivity contribution < 1.29 is 18.7 Å².